The first-order valence-corrected chi connectivity index (χ1v) is 10.1. The minimum absolute atomic E-state index is 0.286. The van der Waals surface area contributed by atoms with Crippen LogP contribution in [-0.4, -0.2) is 21.7 Å². The molecule has 2 heterocycles. The number of nitrogens with one attached hydrogen (secondary N) is 1. The first-order valence-electron chi connectivity index (χ1n) is 9.30. The van der Waals surface area contributed by atoms with E-state index in [1.54, 1.807) is 36.8 Å². The van der Waals surface area contributed by atoms with Gasteiger partial charge in [0.2, 0.25) is 0 Å². The summed E-state index contributed by atoms with van der Waals surface area (Å²) >= 11 is 12.2. The molecule has 0 radical (unpaired) electrons. The first-order chi connectivity index (χ1) is 14.5. The van der Waals surface area contributed by atoms with Crippen LogP contribution >= 0.6 is 23.2 Å². The highest BCUT2D eigenvalue weighted by Crippen LogP contribution is 2.27. The number of rotatable bonds is 5. The van der Waals surface area contributed by atoms with Crippen molar-refractivity contribution in [2.75, 3.05) is 0 Å². The molecule has 0 atom stereocenters. The van der Waals surface area contributed by atoms with Crippen LogP contribution in [0.15, 0.2) is 72.1 Å². The highest BCUT2D eigenvalue weighted by molar-refractivity contribution is 6.42. The van der Waals surface area contributed by atoms with Crippen LogP contribution in [0.2, 0.25) is 10.0 Å². The van der Waals surface area contributed by atoms with Crippen LogP contribution in [0.25, 0.3) is 10.9 Å². The Balaban J connectivity index is 1.65. The maximum Gasteiger partial charge on any atom is 0.271 e. The van der Waals surface area contributed by atoms with Gasteiger partial charge in [-0.15, -0.1) is 0 Å². The molecule has 1 N–H and O–H groups in total. The van der Waals surface area contributed by atoms with E-state index >= 15 is 0 Å². The van der Waals surface area contributed by atoms with Crippen molar-refractivity contribution >= 4 is 46.2 Å². The fourth-order valence-corrected chi connectivity index (χ4v) is 3.69. The second-order valence-corrected chi connectivity index (χ2v) is 7.60. The van der Waals surface area contributed by atoms with Crippen LogP contribution in [0.3, 0.4) is 0 Å². The molecule has 150 valence electrons. The number of aromatic nitrogens is 2. The highest BCUT2D eigenvalue weighted by Gasteiger charge is 2.13. The summed E-state index contributed by atoms with van der Waals surface area (Å²) in [5.41, 5.74) is 7.17. The number of amides is 1. The van der Waals surface area contributed by atoms with Crippen molar-refractivity contribution in [2.45, 2.75) is 13.5 Å². The number of fused-ring (bicyclic) bond motifs is 1. The predicted molar refractivity (Wildman–Crippen MR) is 122 cm³/mol. The monoisotopic (exact) mass is 436 g/mol. The molecule has 0 aliphatic carbocycles. The average molecular weight is 437 g/mol. The Hall–Kier alpha value is -3.15. The van der Waals surface area contributed by atoms with Gasteiger partial charge < -0.3 is 4.57 Å². The van der Waals surface area contributed by atoms with E-state index in [4.69, 9.17) is 23.2 Å². The molecule has 0 saturated carbocycles. The molecule has 1 amide bonds. The van der Waals surface area contributed by atoms with Crippen LogP contribution in [-0.2, 0) is 6.54 Å². The van der Waals surface area contributed by atoms with Crippen LogP contribution in [0.5, 0.6) is 0 Å². The number of carbonyl (C=O) groups excluding carboxylic acids is 1. The van der Waals surface area contributed by atoms with E-state index in [1.807, 2.05) is 37.3 Å². The molecule has 0 spiro atoms. The lowest BCUT2D eigenvalue weighted by Gasteiger charge is -2.09. The van der Waals surface area contributed by atoms with Crippen LogP contribution in [0.4, 0.5) is 0 Å². The molecule has 7 heteroatoms. The van der Waals surface area contributed by atoms with E-state index in [1.165, 1.54) is 0 Å². The van der Waals surface area contributed by atoms with Crippen molar-refractivity contribution in [3.8, 4) is 0 Å². The van der Waals surface area contributed by atoms with Gasteiger partial charge in [0, 0.05) is 46.7 Å². The highest BCUT2D eigenvalue weighted by atomic mass is 35.5. The molecule has 0 aliphatic heterocycles. The van der Waals surface area contributed by atoms with Crippen molar-refractivity contribution < 1.29 is 4.79 Å². The van der Waals surface area contributed by atoms with Gasteiger partial charge in [-0.1, -0.05) is 47.5 Å². The smallest absolute Gasteiger partial charge is 0.271 e. The summed E-state index contributed by atoms with van der Waals surface area (Å²) < 4.78 is 2.20. The Kier molecular flexibility index (Phi) is 5.84. The van der Waals surface area contributed by atoms with Gasteiger partial charge in [0.25, 0.3) is 5.91 Å². The lowest BCUT2D eigenvalue weighted by molar-refractivity contribution is 0.0955. The largest absolute Gasteiger partial charge is 0.340 e. The summed E-state index contributed by atoms with van der Waals surface area (Å²) in [7, 11) is 0. The lowest BCUT2D eigenvalue weighted by atomic mass is 10.1. The molecule has 0 aliphatic rings. The fraction of sp³-hybridized carbons (Fsp3) is 0.0870. The summed E-state index contributed by atoms with van der Waals surface area (Å²) in [5.74, 6) is -0.286. The number of halogens is 2. The van der Waals surface area contributed by atoms with Gasteiger partial charge in [0.15, 0.2) is 0 Å². The predicted octanol–water partition coefficient (Wildman–Crippen LogP) is 5.46. The molecule has 0 bridgehead atoms. The summed E-state index contributed by atoms with van der Waals surface area (Å²) in [6.45, 7) is 2.67. The Morgan fingerprint density at radius 3 is 2.63 bits per heavy atom. The summed E-state index contributed by atoms with van der Waals surface area (Å²) in [5, 5.41) is 6.30. The van der Waals surface area contributed by atoms with Gasteiger partial charge in [-0.25, -0.2) is 5.43 Å². The van der Waals surface area contributed by atoms with Gasteiger partial charge in [0.05, 0.1) is 16.3 Å². The van der Waals surface area contributed by atoms with Crippen molar-refractivity contribution in [1.82, 2.24) is 15.0 Å². The van der Waals surface area contributed by atoms with Crippen molar-refractivity contribution in [1.29, 1.82) is 0 Å². The maximum atomic E-state index is 12.2. The zero-order chi connectivity index (χ0) is 21.1. The number of hydrazone groups is 1. The first kappa shape index (κ1) is 20.1. The maximum absolute atomic E-state index is 12.2. The van der Waals surface area contributed by atoms with Gasteiger partial charge in [-0.05, 0) is 42.8 Å². The van der Waals surface area contributed by atoms with Crippen molar-refractivity contribution in [3.05, 3.63) is 99.4 Å². The summed E-state index contributed by atoms with van der Waals surface area (Å²) in [6, 6.07) is 17.0. The van der Waals surface area contributed by atoms with E-state index in [0.29, 0.717) is 22.2 Å². The number of para-hydroxylation sites is 1. The molecule has 2 aromatic heterocycles. The van der Waals surface area contributed by atoms with E-state index in [-0.39, 0.29) is 5.91 Å². The van der Waals surface area contributed by atoms with E-state index in [2.05, 4.69) is 26.1 Å². The number of nitrogens with zero attached hydrogens (tertiary/aromatic N) is 3. The normalized spacial score (nSPS) is 11.3. The Morgan fingerprint density at radius 2 is 1.87 bits per heavy atom. The van der Waals surface area contributed by atoms with E-state index in [0.717, 1.165) is 27.7 Å². The molecular formula is C23H18Cl2N4O. The minimum atomic E-state index is -0.286. The third-order valence-electron chi connectivity index (χ3n) is 4.91. The summed E-state index contributed by atoms with van der Waals surface area (Å²) in [6.07, 6.45) is 4.82. The van der Waals surface area contributed by atoms with Crippen LogP contribution in [0, 0.1) is 6.92 Å². The fourth-order valence-electron chi connectivity index (χ4n) is 3.37. The number of pyridine rings is 1. The van der Waals surface area contributed by atoms with E-state index in [9.17, 15) is 4.79 Å². The number of hydrogen-bond acceptors (Lipinski definition) is 3. The van der Waals surface area contributed by atoms with Crippen molar-refractivity contribution in [3.63, 3.8) is 0 Å². The lowest BCUT2D eigenvalue weighted by Crippen LogP contribution is -2.17. The Labute approximate surface area is 184 Å². The molecule has 0 unspecified atom stereocenters. The molecule has 2 aromatic carbocycles. The second kappa shape index (κ2) is 8.69. The topological polar surface area (TPSA) is 59.3 Å². The molecule has 4 aromatic rings. The standard InChI is InChI=1S/C23H18Cl2N4O/c1-15-19(13-27-28-23(30)17-8-10-26-11-9-17)18-4-2-3-5-22(18)29(15)14-16-6-7-20(24)21(25)12-16/h2-13H,14H2,1H3,(H,28,30)/b27-13-. The average Bonchev–Trinajstić information content (AvgIpc) is 3.03. The number of carbonyl (C=O) groups is 1. The third-order valence-corrected chi connectivity index (χ3v) is 5.65. The van der Waals surface area contributed by atoms with Crippen LogP contribution in [0.1, 0.15) is 27.2 Å². The molecule has 5 nitrogen and oxygen atoms in total. The third kappa shape index (κ3) is 4.08. The Bertz CT molecular complexity index is 1250. The second-order valence-electron chi connectivity index (χ2n) is 6.79. The molecule has 4 rings (SSSR count). The molecule has 0 fully saturated rings. The van der Waals surface area contributed by atoms with Gasteiger partial charge in [-0.2, -0.15) is 5.10 Å². The van der Waals surface area contributed by atoms with E-state index < -0.39 is 0 Å². The minimum Gasteiger partial charge on any atom is -0.340 e. The quantitative estimate of drug-likeness (QED) is 0.333. The zero-order valence-electron chi connectivity index (χ0n) is 16.1. The van der Waals surface area contributed by atoms with Crippen LogP contribution < -0.4 is 5.43 Å². The van der Waals surface area contributed by atoms with Gasteiger partial charge >= 0.3 is 0 Å². The Morgan fingerprint density at radius 1 is 1.10 bits per heavy atom. The number of benzene rings is 2. The molecule has 30 heavy (non-hydrogen) atoms. The zero-order valence-corrected chi connectivity index (χ0v) is 17.7. The summed E-state index contributed by atoms with van der Waals surface area (Å²) in [4.78, 5) is 16.1. The molecule has 0 saturated heterocycles. The molecular weight excluding hydrogens is 419 g/mol. The van der Waals surface area contributed by atoms with Crippen molar-refractivity contribution in [2.24, 2.45) is 5.10 Å². The van der Waals surface area contributed by atoms with Gasteiger partial charge in [0.1, 0.15) is 0 Å². The number of hydrogen-bond donors (Lipinski definition) is 1. The SMILES string of the molecule is Cc1c(/C=N\NC(=O)c2ccncc2)c2ccccc2n1Cc1ccc(Cl)c(Cl)c1. The van der Waals surface area contributed by atoms with Gasteiger partial charge in [-0.3, -0.25) is 9.78 Å².